The largest absolute Gasteiger partial charge is 0.417 e. The Bertz CT molecular complexity index is 1300. The van der Waals surface area contributed by atoms with E-state index in [-0.39, 0.29) is 18.8 Å². The van der Waals surface area contributed by atoms with Gasteiger partial charge in [-0.05, 0) is 42.0 Å². The number of aliphatic hydroxyl groups is 1. The summed E-state index contributed by atoms with van der Waals surface area (Å²) in [5.41, 5.74) is -2.00. The summed E-state index contributed by atoms with van der Waals surface area (Å²) in [5, 5.41) is 26.1. The molecule has 1 N–H and O–H groups in total. The van der Waals surface area contributed by atoms with Gasteiger partial charge in [0.2, 0.25) is 0 Å². The van der Waals surface area contributed by atoms with E-state index in [1.165, 1.54) is 12.1 Å². The van der Waals surface area contributed by atoms with Crippen LogP contribution in [0.1, 0.15) is 27.8 Å². The highest BCUT2D eigenvalue weighted by atomic mass is 32.1. The number of hydrogen-bond donors (Lipinski definition) is 2. The van der Waals surface area contributed by atoms with Crippen LogP contribution in [0.3, 0.4) is 0 Å². The molecule has 4 nitrogen and oxygen atoms in total. The van der Waals surface area contributed by atoms with E-state index in [2.05, 4.69) is 12.6 Å². The summed E-state index contributed by atoms with van der Waals surface area (Å²) in [6, 6.07) is 17.8. The Labute approximate surface area is 219 Å². The molecule has 0 radical (unpaired) electrons. The van der Waals surface area contributed by atoms with Crippen molar-refractivity contribution in [3.05, 3.63) is 100 Å². The Kier molecular flexibility index (Phi) is 10.6. The normalized spacial score (nSPS) is 12.0. The van der Waals surface area contributed by atoms with Gasteiger partial charge in [-0.2, -0.15) is 49.5 Å². The van der Waals surface area contributed by atoms with Crippen molar-refractivity contribution in [1.29, 1.82) is 10.5 Å². The minimum absolute atomic E-state index is 0.129. The summed E-state index contributed by atoms with van der Waals surface area (Å²) in [5.74, 6) is -1.01. The molecule has 0 aliphatic carbocycles. The van der Waals surface area contributed by atoms with Gasteiger partial charge < -0.3 is 10.0 Å². The fraction of sp³-hybridized carbons (Fsp3) is 0.231. The van der Waals surface area contributed by atoms with Gasteiger partial charge in [0.15, 0.2) is 0 Å². The number of halogens is 7. The first kappa shape index (κ1) is 30.5. The third-order valence-corrected chi connectivity index (χ3v) is 5.59. The van der Waals surface area contributed by atoms with Gasteiger partial charge in [0, 0.05) is 18.7 Å². The maximum absolute atomic E-state index is 13.2. The highest BCUT2D eigenvalue weighted by molar-refractivity contribution is 7.81. The van der Waals surface area contributed by atoms with E-state index in [0.29, 0.717) is 12.5 Å². The van der Waals surface area contributed by atoms with Crippen molar-refractivity contribution in [3.8, 4) is 12.1 Å². The molecule has 0 fully saturated rings. The SMILES string of the molecule is N#Cc1ccc(F)cc1C(F)(F)F.N#Cc1ccc(N(CCO)[C@H](S)Cc2ccccc2)cc1C(F)(F)F. The third kappa shape index (κ3) is 8.40. The lowest BCUT2D eigenvalue weighted by Crippen LogP contribution is -2.35. The molecule has 0 saturated carbocycles. The van der Waals surface area contributed by atoms with E-state index in [1.807, 2.05) is 30.3 Å². The van der Waals surface area contributed by atoms with Crippen LogP contribution >= 0.6 is 12.6 Å². The van der Waals surface area contributed by atoms with Crippen molar-refractivity contribution >= 4 is 18.3 Å². The number of rotatable bonds is 6. The van der Waals surface area contributed by atoms with E-state index in [4.69, 9.17) is 10.5 Å². The van der Waals surface area contributed by atoms with Gasteiger partial charge in [0.25, 0.3) is 0 Å². The van der Waals surface area contributed by atoms with Gasteiger partial charge in [-0.15, -0.1) is 0 Å². The average Bonchev–Trinajstić information content (AvgIpc) is 2.87. The molecular weight excluding hydrogens is 535 g/mol. The van der Waals surface area contributed by atoms with Crippen LogP contribution in [0.2, 0.25) is 0 Å². The molecular formula is C26H20F7N3OS. The standard InChI is InChI=1S/C18H17F3N2OS.C8H3F4N/c19-18(20,21)16-11-15(7-6-14(16)12-22)23(8-9-24)17(25)10-13-4-2-1-3-5-13;9-6-2-1-5(4-13)7(3-6)8(10,11)12/h1-7,11,17,24-25H,8-10H2;1-3H/t17-;/m1./s1. The Morgan fingerprint density at radius 2 is 1.34 bits per heavy atom. The highest BCUT2D eigenvalue weighted by Crippen LogP contribution is 2.35. The summed E-state index contributed by atoms with van der Waals surface area (Å²) in [4.78, 5) is 1.59. The molecule has 0 aromatic heterocycles. The molecule has 1 atom stereocenters. The predicted octanol–water partition coefficient (Wildman–Crippen LogP) is 6.59. The van der Waals surface area contributed by atoms with E-state index in [9.17, 15) is 35.8 Å². The number of thiol groups is 1. The van der Waals surface area contributed by atoms with E-state index in [0.717, 1.165) is 29.8 Å². The van der Waals surface area contributed by atoms with Gasteiger partial charge in [0.1, 0.15) is 5.82 Å². The lowest BCUT2D eigenvalue weighted by atomic mass is 10.1. The highest BCUT2D eigenvalue weighted by Gasteiger charge is 2.35. The molecule has 0 heterocycles. The molecule has 0 amide bonds. The number of alkyl halides is 6. The first-order chi connectivity index (χ1) is 17.8. The smallest absolute Gasteiger partial charge is 0.395 e. The Morgan fingerprint density at radius 3 is 1.84 bits per heavy atom. The maximum Gasteiger partial charge on any atom is 0.417 e. The first-order valence-corrected chi connectivity index (χ1v) is 11.3. The monoisotopic (exact) mass is 555 g/mol. The summed E-state index contributed by atoms with van der Waals surface area (Å²) in [6.07, 6.45) is -8.82. The van der Waals surface area contributed by atoms with Crippen molar-refractivity contribution in [3.63, 3.8) is 0 Å². The number of anilines is 1. The van der Waals surface area contributed by atoms with Crippen LogP contribution in [0.25, 0.3) is 0 Å². The Balaban J connectivity index is 0.000000328. The number of hydrogen-bond acceptors (Lipinski definition) is 5. The molecule has 38 heavy (non-hydrogen) atoms. The van der Waals surface area contributed by atoms with Crippen LogP contribution in [-0.2, 0) is 18.8 Å². The zero-order valence-electron chi connectivity index (χ0n) is 19.4. The number of nitriles is 2. The molecule has 0 saturated heterocycles. The first-order valence-electron chi connectivity index (χ1n) is 10.8. The second-order valence-electron chi connectivity index (χ2n) is 7.73. The molecule has 12 heteroatoms. The lowest BCUT2D eigenvalue weighted by molar-refractivity contribution is -0.138. The minimum Gasteiger partial charge on any atom is -0.395 e. The van der Waals surface area contributed by atoms with E-state index < -0.39 is 45.8 Å². The predicted molar refractivity (Wildman–Crippen MR) is 130 cm³/mol. The number of nitrogens with zero attached hydrogens (tertiary/aromatic N) is 3. The van der Waals surface area contributed by atoms with Crippen molar-refractivity contribution in [2.45, 2.75) is 24.1 Å². The Morgan fingerprint density at radius 1 is 0.816 bits per heavy atom. The van der Waals surface area contributed by atoms with Crippen LogP contribution in [0.15, 0.2) is 66.7 Å². The van der Waals surface area contributed by atoms with Crippen molar-refractivity contribution in [2.75, 3.05) is 18.1 Å². The van der Waals surface area contributed by atoms with Crippen LogP contribution in [0.5, 0.6) is 0 Å². The van der Waals surface area contributed by atoms with Gasteiger partial charge in [-0.25, -0.2) is 4.39 Å². The lowest BCUT2D eigenvalue weighted by Gasteiger charge is -2.31. The maximum atomic E-state index is 13.2. The van der Waals surface area contributed by atoms with Crippen LogP contribution in [0.4, 0.5) is 36.4 Å². The van der Waals surface area contributed by atoms with Crippen molar-refractivity contribution in [2.24, 2.45) is 0 Å². The van der Waals surface area contributed by atoms with Crippen LogP contribution < -0.4 is 4.90 Å². The van der Waals surface area contributed by atoms with Crippen molar-refractivity contribution < 1.29 is 35.8 Å². The molecule has 3 aromatic carbocycles. The average molecular weight is 556 g/mol. The zero-order valence-corrected chi connectivity index (χ0v) is 20.3. The summed E-state index contributed by atoms with van der Waals surface area (Å²) >= 11 is 4.51. The van der Waals surface area contributed by atoms with E-state index >= 15 is 0 Å². The number of aliphatic hydroxyl groups excluding tert-OH is 1. The van der Waals surface area contributed by atoms with Crippen LogP contribution in [0, 0.1) is 28.5 Å². The number of benzene rings is 3. The van der Waals surface area contributed by atoms with E-state index in [1.54, 1.807) is 11.0 Å². The summed E-state index contributed by atoms with van der Waals surface area (Å²) in [7, 11) is 0. The fourth-order valence-electron chi connectivity index (χ4n) is 3.38. The molecule has 0 aliphatic rings. The van der Waals surface area contributed by atoms with Gasteiger partial charge >= 0.3 is 12.4 Å². The third-order valence-electron chi connectivity index (χ3n) is 5.13. The molecule has 0 spiro atoms. The van der Waals surface area contributed by atoms with Gasteiger partial charge in [0.05, 0.1) is 46.4 Å². The molecule has 0 bridgehead atoms. The topological polar surface area (TPSA) is 71.0 Å². The molecule has 3 aromatic rings. The fourth-order valence-corrected chi connectivity index (χ4v) is 3.84. The molecule has 0 aliphatic heterocycles. The second-order valence-corrected chi connectivity index (χ2v) is 8.32. The molecule has 200 valence electrons. The summed E-state index contributed by atoms with van der Waals surface area (Å²) in [6.45, 7) is -0.0998. The minimum atomic E-state index is -4.69. The molecule has 0 unspecified atom stereocenters. The van der Waals surface area contributed by atoms with Crippen molar-refractivity contribution in [1.82, 2.24) is 0 Å². The summed E-state index contributed by atoms with van der Waals surface area (Å²) < 4.78 is 88.2. The quantitative estimate of drug-likeness (QED) is 0.205. The molecule has 3 rings (SSSR count). The zero-order chi connectivity index (χ0) is 28.5. The van der Waals surface area contributed by atoms with Gasteiger partial charge in [-0.1, -0.05) is 30.3 Å². The van der Waals surface area contributed by atoms with Gasteiger partial charge in [-0.3, -0.25) is 0 Å². The van der Waals surface area contributed by atoms with Crippen LogP contribution in [-0.4, -0.2) is 23.6 Å². The second kappa shape index (κ2) is 13.2. The Hall–Kier alpha value is -3.74.